The van der Waals surface area contributed by atoms with Crippen LogP contribution in [0.2, 0.25) is 0 Å². The Labute approximate surface area is 118 Å². The van der Waals surface area contributed by atoms with Crippen LogP contribution in [0.1, 0.15) is 48.6 Å². The van der Waals surface area contributed by atoms with E-state index in [4.69, 9.17) is 10.5 Å². The van der Waals surface area contributed by atoms with Gasteiger partial charge in [0.15, 0.2) is 0 Å². The van der Waals surface area contributed by atoms with Gasteiger partial charge in [-0.3, -0.25) is 0 Å². The molecule has 1 amide bonds. The molecule has 1 aromatic heterocycles. The highest BCUT2D eigenvalue weighted by atomic mass is 32.1. The van der Waals surface area contributed by atoms with Gasteiger partial charge < -0.3 is 15.8 Å². The van der Waals surface area contributed by atoms with Gasteiger partial charge in [-0.25, -0.2) is 4.79 Å². The Bertz CT molecular complexity index is 441. The number of hydrogen-bond acceptors (Lipinski definition) is 4. The van der Waals surface area contributed by atoms with Gasteiger partial charge in [-0.2, -0.15) is 0 Å². The fourth-order valence-electron chi connectivity index (χ4n) is 2.22. The number of amides is 1. The third kappa shape index (κ3) is 3.70. The Morgan fingerprint density at radius 1 is 1.53 bits per heavy atom. The minimum atomic E-state index is -0.486. The summed E-state index contributed by atoms with van der Waals surface area (Å²) in [7, 11) is 0. The molecule has 0 bridgehead atoms. The predicted molar refractivity (Wildman–Crippen MR) is 77.5 cm³/mol. The van der Waals surface area contributed by atoms with E-state index in [1.54, 1.807) is 11.3 Å². The van der Waals surface area contributed by atoms with Crippen LogP contribution in [0.25, 0.3) is 0 Å². The second-order valence-corrected chi connectivity index (χ2v) is 7.05. The second kappa shape index (κ2) is 5.51. The SMILES string of the molecule is CC(C)(C)OC(=O)NC(CN)c1cc2c(s1)CCC2. The first kappa shape index (κ1) is 14.3. The van der Waals surface area contributed by atoms with E-state index >= 15 is 0 Å². The summed E-state index contributed by atoms with van der Waals surface area (Å²) in [5.74, 6) is 0. The molecule has 1 unspecified atom stereocenters. The molecule has 3 N–H and O–H groups in total. The van der Waals surface area contributed by atoms with E-state index in [9.17, 15) is 4.79 Å². The van der Waals surface area contributed by atoms with Crippen LogP contribution >= 0.6 is 11.3 Å². The minimum Gasteiger partial charge on any atom is -0.444 e. The van der Waals surface area contributed by atoms with Gasteiger partial charge in [0, 0.05) is 16.3 Å². The van der Waals surface area contributed by atoms with Gasteiger partial charge in [0.25, 0.3) is 0 Å². The van der Waals surface area contributed by atoms with Crippen LogP contribution in [-0.2, 0) is 17.6 Å². The lowest BCUT2D eigenvalue weighted by atomic mass is 10.2. The van der Waals surface area contributed by atoms with Gasteiger partial charge >= 0.3 is 6.09 Å². The molecule has 1 aromatic rings. The lowest BCUT2D eigenvalue weighted by molar-refractivity contribution is 0.0506. The molecule has 0 aromatic carbocycles. The molecule has 0 aliphatic heterocycles. The smallest absolute Gasteiger partial charge is 0.408 e. The van der Waals surface area contributed by atoms with E-state index in [0.717, 1.165) is 17.7 Å². The quantitative estimate of drug-likeness (QED) is 0.896. The van der Waals surface area contributed by atoms with Gasteiger partial charge in [-0.15, -0.1) is 11.3 Å². The Morgan fingerprint density at radius 3 is 2.84 bits per heavy atom. The number of fused-ring (bicyclic) bond motifs is 1. The van der Waals surface area contributed by atoms with Gasteiger partial charge in [0.05, 0.1) is 6.04 Å². The van der Waals surface area contributed by atoms with Crippen molar-refractivity contribution in [2.24, 2.45) is 5.73 Å². The van der Waals surface area contributed by atoms with Crippen molar-refractivity contribution < 1.29 is 9.53 Å². The molecule has 5 heteroatoms. The average Bonchev–Trinajstić information content (AvgIpc) is 2.82. The second-order valence-electron chi connectivity index (χ2n) is 5.89. The maximum absolute atomic E-state index is 11.8. The standard InChI is InChI=1S/C14H22N2O2S/c1-14(2,3)18-13(17)16-10(8-15)12-7-9-5-4-6-11(9)19-12/h7,10H,4-6,8,15H2,1-3H3,(H,16,17). The number of nitrogens with one attached hydrogen (secondary N) is 1. The number of thiophene rings is 1. The number of rotatable bonds is 3. The van der Waals surface area contributed by atoms with Crippen molar-refractivity contribution in [1.82, 2.24) is 5.32 Å². The molecule has 0 spiro atoms. The average molecular weight is 282 g/mol. The van der Waals surface area contributed by atoms with Crippen molar-refractivity contribution in [1.29, 1.82) is 0 Å². The van der Waals surface area contributed by atoms with Crippen LogP contribution in [0.4, 0.5) is 4.79 Å². The normalized spacial score (nSPS) is 16.0. The summed E-state index contributed by atoms with van der Waals surface area (Å²) in [4.78, 5) is 14.4. The van der Waals surface area contributed by atoms with Crippen LogP contribution in [0.5, 0.6) is 0 Å². The molecule has 4 nitrogen and oxygen atoms in total. The van der Waals surface area contributed by atoms with Crippen LogP contribution < -0.4 is 11.1 Å². The first-order valence-corrected chi connectivity index (χ1v) is 7.52. The molecule has 1 heterocycles. The van der Waals surface area contributed by atoms with Crippen molar-refractivity contribution >= 4 is 17.4 Å². The minimum absolute atomic E-state index is 0.148. The molecular weight excluding hydrogens is 260 g/mol. The molecule has 1 aliphatic rings. The number of carbonyl (C=O) groups excluding carboxylic acids is 1. The van der Waals surface area contributed by atoms with Crippen molar-refractivity contribution in [3.05, 3.63) is 21.4 Å². The van der Waals surface area contributed by atoms with Gasteiger partial charge in [0.1, 0.15) is 5.60 Å². The summed E-state index contributed by atoms with van der Waals surface area (Å²) in [6.45, 7) is 5.94. The lowest BCUT2D eigenvalue weighted by Crippen LogP contribution is -2.37. The number of nitrogens with two attached hydrogens (primary N) is 1. The molecular formula is C14H22N2O2S. The number of ether oxygens (including phenoxy) is 1. The predicted octanol–water partition coefficient (Wildman–Crippen LogP) is 2.76. The third-order valence-electron chi connectivity index (χ3n) is 3.04. The highest BCUT2D eigenvalue weighted by Gasteiger charge is 2.23. The van der Waals surface area contributed by atoms with Crippen LogP contribution in [0.15, 0.2) is 6.07 Å². The van der Waals surface area contributed by atoms with E-state index < -0.39 is 11.7 Å². The molecule has 19 heavy (non-hydrogen) atoms. The van der Waals surface area contributed by atoms with Gasteiger partial charge in [-0.05, 0) is 51.7 Å². The monoisotopic (exact) mass is 282 g/mol. The zero-order chi connectivity index (χ0) is 14.0. The highest BCUT2D eigenvalue weighted by Crippen LogP contribution is 2.33. The third-order valence-corrected chi connectivity index (χ3v) is 4.39. The summed E-state index contributed by atoms with van der Waals surface area (Å²) < 4.78 is 5.27. The molecule has 0 fully saturated rings. The van der Waals surface area contributed by atoms with Crippen molar-refractivity contribution in [2.45, 2.75) is 51.7 Å². The van der Waals surface area contributed by atoms with Crippen LogP contribution in [0, 0.1) is 0 Å². The largest absolute Gasteiger partial charge is 0.444 e. The Kier molecular flexibility index (Phi) is 4.16. The van der Waals surface area contributed by atoms with Gasteiger partial charge in [-0.1, -0.05) is 0 Å². The Morgan fingerprint density at radius 2 is 2.26 bits per heavy atom. The number of carbonyl (C=O) groups is 1. The van der Waals surface area contributed by atoms with Crippen LogP contribution in [0.3, 0.4) is 0 Å². The molecule has 106 valence electrons. The molecule has 1 aliphatic carbocycles. The summed E-state index contributed by atoms with van der Waals surface area (Å²) >= 11 is 1.76. The lowest BCUT2D eigenvalue weighted by Gasteiger charge is -2.22. The van der Waals surface area contributed by atoms with Crippen molar-refractivity contribution in [2.75, 3.05) is 6.54 Å². The Hall–Kier alpha value is -1.07. The maximum atomic E-state index is 11.8. The van der Waals surface area contributed by atoms with E-state index in [1.807, 2.05) is 20.8 Å². The van der Waals surface area contributed by atoms with Crippen molar-refractivity contribution in [3.63, 3.8) is 0 Å². The summed E-state index contributed by atoms with van der Waals surface area (Å²) in [5, 5.41) is 2.85. The summed E-state index contributed by atoms with van der Waals surface area (Å²) in [5.41, 5.74) is 6.71. The first-order chi connectivity index (χ1) is 8.89. The van der Waals surface area contributed by atoms with Crippen LogP contribution in [-0.4, -0.2) is 18.2 Å². The number of aryl methyl sites for hydroxylation is 2. The van der Waals surface area contributed by atoms with E-state index in [2.05, 4.69) is 11.4 Å². The topological polar surface area (TPSA) is 64.3 Å². The molecule has 0 saturated heterocycles. The van der Waals surface area contributed by atoms with Crippen molar-refractivity contribution in [3.8, 4) is 0 Å². The van der Waals surface area contributed by atoms with E-state index in [-0.39, 0.29) is 6.04 Å². The Balaban J connectivity index is 2.01. The van der Waals surface area contributed by atoms with E-state index in [1.165, 1.54) is 16.9 Å². The number of hydrogen-bond donors (Lipinski definition) is 2. The molecule has 0 radical (unpaired) electrons. The highest BCUT2D eigenvalue weighted by molar-refractivity contribution is 7.12. The zero-order valence-electron chi connectivity index (χ0n) is 11.8. The molecule has 1 atom stereocenters. The number of alkyl carbamates (subject to hydrolysis) is 1. The molecule has 0 saturated carbocycles. The molecule has 2 rings (SSSR count). The van der Waals surface area contributed by atoms with E-state index in [0.29, 0.717) is 6.54 Å². The fourth-order valence-corrected chi connectivity index (χ4v) is 3.54. The zero-order valence-corrected chi connectivity index (χ0v) is 12.6. The summed E-state index contributed by atoms with van der Waals surface area (Å²) in [6.07, 6.45) is 3.14. The summed E-state index contributed by atoms with van der Waals surface area (Å²) in [6, 6.07) is 2.03. The fraction of sp³-hybridized carbons (Fsp3) is 0.643. The van der Waals surface area contributed by atoms with Gasteiger partial charge in [0.2, 0.25) is 0 Å². The first-order valence-electron chi connectivity index (χ1n) is 6.70. The maximum Gasteiger partial charge on any atom is 0.408 e.